The summed E-state index contributed by atoms with van der Waals surface area (Å²) in [5.74, 6) is -4.45. The largest absolute Gasteiger partial charge is 0.449 e. The van der Waals surface area contributed by atoms with E-state index in [1.54, 1.807) is 20.8 Å². The van der Waals surface area contributed by atoms with Crippen LogP contribution in [0.15, 0.2) is 29.2 Å². The molecule has 0 radical (unpaired) electrons. The van der Waals surface area contributed by atoms with Crippen molar-refractivity contribution in [2.24, 2.45) is 0 Å². The lowest BCUT2D eigenvalue weighted by Gasteiger charge is -2.21. The van der Waals surface area contributed by atoms with Crippen LogP contribution in [0, 0.1) is 0 Å². The predicted molar refractivity (Wildman–Crippen MR) is 89.6 cm³/mol. The highest BCUT2D eigenvalue weighted by molar-refractivity contribution is 7.99. The van der Waals surface area contributed by atoms with Crippen molar-refractivity contribution in [2.75, 3.05) is 0 Å². The number of benzene rings is 1. The number of carbonyl (C=O) groups is 3. The van der Waals surface area contributed by atoms with Crippen LogP contribution in [0.4, 0.5) is 13.6 Å². The number of nitrogens with one attached hydrogen (secondary N) is 2. The minimum Gasteiger partial charge on any atom is -0.449 e. The summed E-state index contributed by atoms with van der Waals surface area (Å²) in [6.45, 7) is 6.48. The lowest BCUT2D eigenvalue weighted by molar-refractivity contribution is -0.127. The second-order valence-corrected chi connectivity index (χ2v) is 7.15. The topological polar surface area (TPSA) is 84.5 Å². The molecule has 0 saturated carbocycles. The predicted octanol–water partition coefficient (Wildman–Crippen LogP) is 3.17. The molecule has 3 amide bonds. The SMILES string of the molecule is C[C@H](OC(=O)c1ccccc1SC(F)F)C(=O)NC(=O)NC(C)(C)C. The van der Waals surface area contributed by atoms with Gasteiger partial charge in [-0.2, -0.15) is 8.78 Å². The third-order valence-corrected chi connectivity index (χ3v) is 3.49. The first-order valence-electron chi connectivity index (χ1n) is 7.37. The number of amides is 3. The fraction of sp³-hybridized carbons (Fsp3) is 0.438. The zero-order chi connectivity index (χ0) is 19.2. The average molecular weight is 374 g/mol. The third-order valence-electron chi connectivity index (χ3n) is 2.70. The molecule has 0 aliphatic heterocycles. The van der Waals surface area contributed by atoms with E-state index in [9.17, 15) is 23.2 Å². The molecule has 0 aromatic heterocycles. The Kier molecular flexibility index (Phi) is 7.35. The zero-order valence-corrected chi connectivity index (χ0v) is 15.1. The minimum absolute atomic E-state index is 0.0422. The summed E-state index contributed by atoms with van der Waals surface area (Å²) in [6.07, 6.45) is -1.28. The molecule has 0 bridgehead atoms. The molecule has 0 heterocycles. The van der Waals surface area contributed by atoms with Gasteiger partial charge >= 0.3 is 12.0 Å². The number of rotatable bonds is 5. The van der Waals surface area contributed by atoms with Gasteiger partial charge in [-0.05, 0) is 39.8 Å². The third kappa shape index (κ3) is 7.51. The number of imide groups is 1. The van der Waals surface area contributed by atoms with Crippen LogP contribution in [0.2, 0.25) is 0 Å². The maximum absolute atomic E-state index is 12.5. The molecule has 0 spiro atoms. The number of esters is 1. The van der Waals surface area contributed by atoms with Crippen LogP contribution in [0.25, 0.3) is 0 Å². The number of ether oxygens (including phenoxy) is 1. The molecule has 0 fully saturated rings. The van der Waals surface area contributed by atoms with Crippen LogP contribution in [0.1, 0.15) is 38.1 Å². The van der Waals surface area contributed by atoms with Crippen molar-refractivity contribution in [3.63, 3.8) is 0 Å². The van der Waals surface area contributed by atoms with Crippen LogP contribution in [-0.4, -0.2) is 35.3 Å². The highest BCUT2D eigenvalue weighted by Crippen LogP contribution is 2.28. The van der Waals surface area contributed by atoms with E-state index >= 15 is 0 Å². The average Bonchev–Trinajstić information content (AvgIpc) is 2.44. The molecule has 0 aliphatic rings. The first-order chi connectivity index (χ1) is 11.5. The zero-order valence-electron chi connectivity index (χ0n) is 14.3. The number of hydrogen-bond acceptors (Lipinski definition) is 5. The number of alkyl halides is 2. The standard InChI is InChI=1S/C16H20F2N2O4S/c1-9(12(21)19-15(23)20-16(2,3)4)24-13(22)10-7-5-6-8-11(10)25-14(17)18/h5-9,14H,1-4H3,(H2,19,20,21,23)/t9-/m0/s1. The number of thioether (sulfide) groups is 1. The van der Waals surface area contributed by atoms with E-state index < -0.39 is 35.3 Å². The van der Waals surface area contributed by atoms with Gasteiger partial charge in [-0.1, -0.05) is 23.9 Å². The molecule has 1 aromatic rings. The van der Waals surface area contributed by atoms with Crippen LogP contribution in [0.3, 0.4) is 0 Å². The molecule has 138 valence electrons. The molecule has 0 aliphatic carbocycles. The first kappa shape index (κ1) is 20.9. The monoisotopic (exact) mass is 374 g/mol. The Hall–Kier alpha value is -2.16. The molecular formula is C16H20F2N2O4S. The second-order valence-electron chi connectivity index (χ2n) is 6.12. The van der Waals surface area contributed by atoms with Gasteiger partial charge < -0.3 is 10.1 Å². The van der Waals surface area contributed by atoms with E-state index in [-0.39, 0.29) is 22.2 Å². The summed E-state index contributed by atoms with van der Waals surface area (Å²) < 4.78 is 30.0. The van der Waals surface area contributed by atoms with E-state index in [1.807, 2.05) is 5.32 Å². The molecule has 6 nitrogen and oxygen atoms in total. The fourth-order valence-corrected chi connectivity index (χ4v) is 2.32. The molecule has 9 heteroatoms. The molecule has 0 unspecified atom stereocenters. The van der Waals surface area contributed by atoms with Crippen LogP contribution >= 0.6 is 11.8 Å². The maximum Gasteiger partial charge on any atom is 0.340 e. The summed E-state index contributed by atoms with van der Waals surface area (Å²) in [5.41, 5.74) is -0.623. The smallest absolute Gasteiger partial charge is 0.340 e. The molecular weight excluding hydrogens is 354 g/mol. The highest BCUT2D eigenvalue weighted by atomic mass is 32.2. The Morgan fingerprint density at radius 1 is 1.16 bits per heavy atom. The van der Waals surface area contributed by atoms with Gasteiger partial charge in [-0.25, -0.2) is 9.59 Å². The van der Waals surface area contributed by atoms with E-state index in [4.69, 9.17) is 4.74 Å². The Morgan fingerprint density at radius 2 is 1.76 bits per heavy atom. The van der Waals surface area contributed by atoms with Crippen LogP contribution in [-0.2, 0) is 9.53 Å². The Labute approximate surface area is 148 Å². The molecule has 2 N–H and O–H groups in total. The van der Waals surface area contributed by atoms with Gasteiger partial charge in [-0.3, -0.25) is 10.1 Å². The minimum atomic E-state index is -2.70. The van der Waals surface area contributed by atoms with Crippen LogP contribution < -0.4 is 10.6 Å². The van der Waals surface area contributed by atoms with Crippen molar-refractivity contribution in [2.45, 2.75) is 50.0 Å². The summed E-state index contributed by atoms with van der Waals surface area (Å²) >= 11 is 0.207. The Bertz CT molecular complexity index is 647. The second kappa shape index (κ2) is 8.80. The number of carbonyl (C=O) groups excluding carboxylic acids is 3. The van der Waals surface area contributed by atoms with Crippen LogP contribution in [0.5, 0.6) is 0 Å². The number of halogens is 2. The molecule has 1 rings (SSSR count). The summed E-state index contributed by atoms with van der Waals surface area (Å²) in [5, 5.41) is 4.57. The fourth-order valence-electron chi connectivity index (χ4n) is 1.70. The van der Waals surface area contributed by atoms with Gasteiger partial charge in [0.15, 0.2) is 6.10 Å². The van der Waals surface area contributed by atoms with Crippen molar-refractivity contribution in [1.82, 2.24) is 10.6 Å². The number of hydrogen-bond donors (Lipinski definition) is 2. The summed E-state index contributed by atoms with van der Waals surface area (Å²) in [6, 6.07) is 4.95. The Balaban J connectivity index is 2.71. The highest BCUT2D eigenvalue weighted by Gasteiger charge is 2.24. The van der Waals surface area contributed by atoms with Crippen molar-refractivity contribution >= 4 is 29.7 Å². The van der Waals surface area contributed by atoms with Crippen molar-refractivity contribution < 1.29 is 27.9 Å². The van der Waals surface area contributed by atoms with Crippen molar-refractivity contribution in [1.29, 1.82) is 0 Å². The van der Waals surface area contributed by atoms with E-state index in [2.05, 4.69) is 5.32 Å². The maximum atomic E-state index is 12.5. The Morgan fingerprint density at radius 3 is 2.32 bits per heavy atom. The van der Waals surface area contributed by atoms with E-state index in [0.717, 1.165) is 0 Å². The van der Waals surface area contributed by atoms with E-state index in [1.165, 1.54) is 31.2 Å². The molecule has 25 heavy (non-hydrogen) atoms. The van der Waals surface area contributed by atoms with Gasteiger partial charge in [0.25, 0.3) is 11.7 Å². The van der Waals surface area contributed by atoms with Gasteiger partial charge in [-0.15, -0.1) is 0 Å². The van der Waals surface area contributed by atoms with Gasteiger partial charge in [0.2, 0.25) is 0 Å². The first-order valence-corrected chi connectivity index (χ1v) is 8.25. The van der Waals surface area contributed by atoms with Gasteiger partial charge in [0, 0.05) is 10.4 Å². The lowest BCUT2D eigenvalue weighted by atomic mass is 10.1. The normalized spacial score (nSPS) is 12.4. The van der Waals surface area contributed by atoms with Crippen molar-refractivity contribution in [3.8, 4) is 0 Å². The molecule has 0 saturated heterocycles. The molecule has 1 atom stereocenters. The lowest BCUT2D eigenvalue weighted by Crippen LogP contribution is -2.50. The van der Waals surface area contributed by atoms with Gasteiger partial charge in [0.05, 0.1) is 5.56 Å². The quantitative estimate of drug-likeness (QED) is 0.611. The van der Waals surface area contributed by atoms with Crippen molar-refractivity contribution in [3.05, 3.63) is 29.8 Å². The number of urea groups is 1. The van der Waals surface area contributed by atoms with E-state index in [0.29, 0.717) is 0 Å². The summed E-state index contributed by atoms with van der Waals surface area (Å²) in [4.78, 5) is 35.7. The summed E-state index contributed by atoms with van der Waals surface area (Å²) in [7, 11) is 0. The molecule has 1 aromatic carbocycles. The van der Waals surface area contributed by atoms with Gasteiger partial charge in [0.1, 0.15) is 0 Å².